The predicted molar refractivity (Wildman–Crippen MR) is 81.5 cm³/mol. The average molecular weight is 300 g/mol. The van der Waals surface area contributed by atoms with Crippen LogP contribution in [0, 0.1) is 5.82 Å². The van der Waals surface area contributed by atoms with E-state index >= 15 is 0 Å². The molecule has 112 valence electrons. The Kier molecular flexibility index (Phi) is 5.38. The van der Waals surface area contributed by atoms with Crippen LogP contribution >= 0.6 is 11.6 Å². The lowest BCUT2D eigenvalue weighted by atomic mass is 9.99. The summed E-state index contributed by atoms with van der Waals surface area (Å²) < 4.78 is 14.1. The molecule has 20 heavy (non-hydrogen) atoms. The van der Waals surface area contributed by atoms with Crippen LogP contribution in [-0.2, 0) is 0 Å². The summed E-state index contributed by atoms with van der Waals surface area (Å²) in [5.41, 5.74) is 6.53. The lowest BCUT2D eigenvalue weighted by Gasteiger charge is -2.40. The van der Waals surface area contributed by atoms with E-state index in [0.717, 1.165) is 19.5 Å². The molecule has 0 radical (unpaired) electrons. The van der Waals surface area contributed by atoms with E-state index in [-0.39, 0.29) is 11.9 Å². The van der Waals surface area contributed by atoms with Gasteiger partial charge in [-0.1, -0.05) is 17.7 Å². The van der Waals surface area contributed by atoms with Gasteiger partial charge in [-0.2, -0.15) is 0 Å². The molecule has 2 unspecified atom stereocenters. The minimum absolute atomic E-state index is 0.108. The monoisotopic (exact) mass is 299 g/mol. The van der Waals surface area contributed by atoms with Gasteiger partial charge in [-0.05, 0) is 45.6 Å². The van der Waals surface area contributed by atoms with Crippen molar-refractivity contribution in [3.05, 3.63) is 34.6 Å². The highest BCUT2D eigenvalue weighted by Gasteiger charge is 2.28. The number of likely N-dealkylation sites (N-methyl/N-ethyl adjacent to an activating group) is 2. The fraction of sp³-hybridized carbons (Fsp3) is 0.600. The fourth-order valence-electron chi connectivity index (χ4n) is 3.01. The van der Waals surface area contributed by atoms with Crippen LogP contribution in [0.5, 0.6) is 0 Å². The molecule has 0 aromatic heterocycles. The number of rotatable bonds is 4. The summed E-state index contributed by atoms with van der Waals surface area (Å²) in [6, 6.07) is 5.14. The molecule has 1 aromatic rings. The second kappa shape index (κ2) is 6.85. The van der Waals surface area contributed by atoms with Gasteiger partial charge in [-0.3, -0.25) is 4.90 Å². The first-order valence-corrected chi connectivity index (χ1v) is 7.46. The molecule has 1 saturated heterocycles. The predicted octanol–water partition coefficient (Wildman–Crippen LogP) is 2.50. The van der Waals surface area contributed by atoms with E-state index in [4.69, 9.17) is 17.3 Å². The van der Waals surface area contributed by atoms with Crippen LogP contribution < -0.4 is 5.73 Å². The molecule has 0 amide bonds. The van der Waals surface area contributed by atoms with Crippen molar-refractivity contribution in [3.63, 3.8) is 0 Å². The molecule has 0 spiro atoms. The van der Waals surface area contributed by atoms with Crippen molar-refractivity contribution in [1.29, 1.82) is 0 Å². The molecule has 3 nitrogen and oxygen atoms in total. The molecular formula is C15H23ClFN3. The van der Waals surface area contributed by atoms with Gasteiger partial charge in [0, 0.05) is 35.8 Å². The number of nitrogens with two attached hydrogens (primary N) is 1. The van der Waals surface area contributed by atoms with Crippen LogP contribution in [0.25, 0.3) is 0 Å². The molecule has 2 N–H and O–H groups in total. The highest BCUT2D eigenvalue weighted by molar-refractivity contribution is 6.30. The third-order valence-electron chi connectivity index (χ3n) is 4.21. The number of halogens is 2. The molecule has 1 fully saturated rings. The Hall–Kier alpha value is -0.680. The zero-order chi connectivity index (χ0) is 14.7. The van der Waals surface area contributed by atoms with E-state index in [1.165, 1.54) is 12.5 Å². The van der Waals surface area contributed by atoms with E-state index < -0.39 is 0 Å². The Balaban J connectivity index is 2.18. The summed E-state index contributed by atoms with van der Waals surface area (Å²) in [5.74, 6) is -0.274. The molecule has 5 heteroatoms. The van der Waals surface area contributed by atoms with Crippen molar-refractivity contribution in [1.82, 2.24) is 9.80 Å². The van der Waals surface area contributed by atoms with Gasteiger partial charge in [0.1, 0.15) is 5.82 Å². The third kappa shape index (κ3) is 3.50. The highest BCUT2D eigenvalue weighted by Crippen LogP contribution is 2.27. The molecule has 1 heterocycles. The summed E-state index contributed by atoms with van der Waals surface area (Å²) in [4.78, 5) is 4.53. The van der Waals surface area contributed by atoms with Crippen LogP contribution in [0.1, 0.15) is 24.4 Å². The fourth-order valence-corrected chi connectivity index (χ4v) is 3.17. The number of nitrogens with zero attached hydrogens (tertiary/aromatic N) is 2. The number of hydrogen-bond acceptors (Lipinski definition) is 3. The maximum absolute atomic E-state index is 14.1. The second-order valence-corrected chi connectivity index (χ2v) is 6.08. The van der Waals surface area contributed by atoms with Gasteiger partial charge < -0.3 is 10.6 Å². The maximum Gasteiger partial charge on any atom is 0.129 e. The topological polar surface area (TPSA) is 32.5 Å². The normalized spacial score (nSPS) is 22.2. The Bertz CT molecular complexity index is 455. The lowest BCUT2D eigenvalue weighted by Crippen LogP contribution is -2.47. The van der Waals surface area contributed by atoms with Crippen molar-refractivity contribution < 1.29 is 4.39 Å². The number of likely N-dealkylation sites (tertiary alicyclic amines) is 1. The van der Waals surface area contributed by atoms with Gasteiger partial charge in [0.15, 0.2) is 0 Å². The molecule has 1 aromatic carbocycles. The zero-order valence-corrected chi connectivity index (χ0v) is 12.9. The van der Waals surface area contributed by atoms with E-state index in [0.29, 0.717) is 23.2 Å². The summed E-state index contributed by atoms with van der Waals surface area (Å²) >= 11 is 5.82. The third-order valence-corrected chi connectivity index (χ3v) is 4.45. The first-order chi connectivity index (χ1) is 9.52. The van der Waals surface area contributed by atoms with E-state index in [1.54, 1.807) is 12.1 Å². The summed E-state index contributed by atoms with van der Waals surface area (Å²) in [7, 11) is 4.16. The Morgan fingerprint density at radius 2 is 2.30 bits per heavy atom. The number of benzene rings is 1. The Labute approximate surface area is 125 Å². The molecule has 0 saturated carbocycles. The van der Waals surface area contributed by atoms with Crippen LogP contribution in [-0.4, -0.2) is 49.6 Å². The van der Waals surface area contributed by atoms with Crippen LogP contribution in [0.2, 0.25) is 5.02 Å². The molecule has 1 aliphatic rings. The van der Waals surface area contributed by atoms with Gasteiger partial charge >= 0.3 is 0 Å². The minimum Gasteiger partial charge on any atom is -0.329 e. The smallest absolute Gasteiger partial charge is 0.129 e. The van der Waals surface area contributed by atoms with Crippen LogP contribution in [0.4, 0.5) is 4.39 Å². The molecule has 1 aliphatic heterocycles. The standard InChI is InChI=1S/C15H23ClFN3/c1-19-7-3-4-12(10-19)20(2)15(9-18)13-6-5-11(16)8-14(13)17/h5-6,8,12,15H,3-4,7,9-10,18H2,1-2H3. The molecular weight excluding hydrogens is 277 g/mol. The number of hydrogen-bond donors (Lipinski definition) is 1. The van der Waals surface area contributed by atoms with Gasteiger partial charge in [0.2, 0.25) is 0 Å². The SMILES string of the molecule is CN1CCCC(N(C)C(CN)c2ccc(Cl)cc2F)C1. The largest absolute Gasteiger partial charge is 0.329 e. The molecule has 2 atom stereocenters. The first-order valence-electron chi connectivity index (χ1n) is 7.08. The summed E-state index contributed by atoms with van der Waals surface area (Å²) in [6.45, 7) is 2.53. The lowest BCUT2D eigenvalue weighted by molar-refractivity contribution is 0.0996. The maximum atomic E-state index is 14.1. The quantitative estimate of drug-likeness (QED) is 0.927. The molecule has 0 bridgehead atoms. The molecule has 0 aliphatic carbocycles. The van der Waals surface area contributed by atoms with E-state index in [9.17, 15) is 4.39 Å². The van der Waals surface area contributed by atoms with E-state index in [1.807, 2.05) is 7.05 Å². The van der Waals surface area contributed by atoms with Crippen molar-refractivity contribution in [2.75, 3.05) is 33.7 Å². The van der Waals surface area contributed by atoms with Gasteiger partial charge in [-0.25, -0.2) is 4.39 Å². The van der Waals surface area contributed by atoms with E-state index in [2.05, 4.69) is 16.8 Å². The zero-order valence-electron chi connectivity index (χ0n) is 12.1. The highest BCUT2D eigenvalue weighted by atomic mass is 35.5. The van der Waals surface area contributed by atoms with Crippen LogP contribution in [0.3, 0.4) is 0 Å². The van der Waals surface area contributed by atoms with Crippen LogP contribution in [0.15, 0.2) is 18.2 Å². The average Bonchev–Trinajstić information content (AvgIpc) is 2.41. The van der Waals surface area contributed by atoms with Gasteiger partial charge in [0.05, 0.1) is 0 Å². The number of piperidine rings is 1. The molecule has 2 rings (SSSR count). The van der Waals surface area contributed by atoms with Crippen molar-refractivity contribution in [2.45, 2.75) is 24.9 Å². The first kappa shape index (κ1) is 15.7. The van der Waals surface area contributed by atoms with Crippen molar-refractivity contribution in [3.8, 4) is 0 Å². The minimum atomic E-state index is -0.274. The van der Waals surface area contributed by atoms with Gasteiger partial charge in [-0.15, -0.1) is 0 Å². The Morgan fingerprint density at radius 1 is 1.55 bits per heavy atom. The summed E-state index contributed by atoms with van der Waals surface area (Å²) in [6.07, 6.45) is 2.30. The summed E-state index contributed by atoms with van der Waals surface area (Å²) in [5, 5.41) is 0.419. The Morgan fingerprint density at radius 3 is 2.90 bits per heavy atom. The van der Waals surface area contributed by atoms with Crippen molar-refractivity contribution >= 4 is 11.6 Å². The van der Waals surface area contributed by atoms with Gasteiger partial charge in [0.25, 0.3) is 0 Å². The van der Waals surface area contributed by atoms with Crippen molar-refractivity contribution in [2.24, 2.45) is 5.73 Å². The second-order valence-electron chi connectivity index (χ2n) is 5.64.